The number of aromatic nitrogens is 8. The van der Waals surface area contributed by atoms with Crippen molar-refractivity contribution in [1.82, 2.24) is 44.4 Å². The molecule has 0 spiro atoms. The molecule has 188 valence electrons. The molecule has 37 heavy (non-hydrogen) atoms. The molecule has 1 saturated heterocycles. The lowest BCUT2D eigenvalue weighted by atomic mass is 9.91. The number of piperidine rings is 1. The molecule has 2 aromatic carbocycles. The van der Waals surface area contributed by atoms with E-state index < -0.39 is 5.60 Å². The van der Waals surface area contributed by atoms with Gasteiger partial charge in [0.15, 0.2) is 5.65 Å². The molecule has 0 saturated carbocycles. The lowest BCUT2D eigenvalue weighted by molar-refractivity contribution is -0.0364. The van der Waals surface area contributed by atoms with Crippen molar-refractivity contribution in [3.8, 4) is 11.4 Å². The number of nitrogens with zero attached hydrogens (tertiary/aromatic N) is 9. The van der Waals surface area contributed by atoms with E-state index in [0.29, 0.717) is 28.9 Å². The predicted molar refractivity (Wildman–Crippen MR) is 137 cm³/mol. The van der Waals surface area contributed by atoms with Crippen LogP contribution in [0.1, 0.15) is 18.4 Å². The van der Waals surface area contributed by atoms with Crippen molar-refractivity contribution < 1.29 is 5.11 Å². The summed E-state index contributed by atoms with van der Waals surface area (Å²) in [7, 11) is 0. The minimum absolute atomic E-state index is 0.190. The lowest BCUT2D eigenvalue weighted by Gasteiger charge is -2.38. The number of hydrogen-bond acceptors (Lipinski definition) is 8. The molecule has 1 aliphatic rings. The van der Waals surface area contributed by atoms with Gasteiger partial charge < -0.3 is 5.11 Å². The van der Waals surface area contributed by atoms with E-state index in [1.807, 2.05) is 24.3 Å². The van der Waals surface area contributed by atoms with Crippen LogP contribution in [0, 0.1) is 0 Å². The molecule has 0 radical (unpaired) electrons. The van der Waals surface area contributed by atoms with Crippen LogP contribution in [0.25, 0.3) is 22.4 Å². The highest BCUT2D eigenvalue weighted by Crippen LogP contribution is 2.25. The molecular weight excluding hydrogens is 494 g/mol. The fourth-order valence-corrected chi connectivity index (χ4v) is 4.85. The Morgan fingerprint density at radius 1 is 0.973 bits per heavy atom. The SMILES string of the molecule is O=c1c2cnn(-c3ccc(Cl)cc3)c2ncn1CC1(O)CCN(Cc2ccc(-n3cnnn3)cc2)CC1. The molecule has 0 unspecified atom stereocenters. The summed E-state index contributed by atoms with van der Waals surface area (Å²) in [6, 6.07) is 15.2. The zero-order valence-corrected chi connectivity index (χ0v) is 20.6. The van der Waals surface area contributed by atoms with Gasteiger partial charge in [-0.1, -0.05) is 23.7 Å². The van der Waals surface area contributed by atoms with Gasteiger partial charge in [0.2, 0.25) is 0 Å². The predicted octanol–water partition coefficient (Wildman–Crippen LogP) is 2.24. The number of benzene rings is 2. The molecular formula is C25H24ClN9O2. The Hall–Kier alpha value is -3.93. The zero-order chi connectivity index (χ0) is 25.4. The Labute approximate surface area is 216 Å². The van der Waals surface area contributed by atoms with E-state index >= 15 is 0 Å². The van der Waals surface area contributed by atoms with Gasteiger partial charge in [0.25, 0.3) is 5.56 Å². The van der Waals surface area contributed by atoms with Crippen LogP contribution >= 0.6 is 11.6 Å². The third-order valence-electron chi connectivity index (χ3n) is 6.83. The van der Waals surface area contributed by atoms with Crippen LogP contribution in [0.3, 0.4) is 0 Å². The molecule has 1 N–H and O–H groups in total. The van der Waals surface area contributed by atoms with Crippen LogP contribution in [0.2, 0.25) is 5.02 Å². The van der Waals surface area contributed by atoms with E-state index in [-0.39, 0.29) is 12.1 Å². The molecule has 1 aliphatic heterocycles. The van der Waals surface area contributed by atoms with Gasteiger partial charge in [0.05, 0.1) is 29.7 Å². The summed E-state index contributed by atoms with van der Waals surface area (Å²) < 4.78 is 4.71. The second-order valence-electron chi connectivity index (χ2n) is 9.37. The van der Waals surface area contributed by atoms with Crippen molar-refractivity contribution in [3.05, 3.63) is 88.3 Å². The second kappa shape index (κ2) is 9.51. The van der Waals surface area contributed by atoms with Crippen LogP contribution in [0.4, 0.5) is 0 Å². The third-order valence-corrected chi connectivity index (χ3v) is 7.09. The molecule has 5 aromatic rings. The average Bonchev–Trinajstić information content (AvgIpc) is 3.59. The maximum atomic E-state index is 13.2. The Morgan fingerprint density at radius 2 is 1.70 bits per heavy atom. The van der Waals surface area contributed by atoms with Crippen LogP contribution < -0.4 is 5.56 Å². The molecule has 6 rings (SSSR count). The monoisotopic (exact) mass is 517 g/mol. The molecule has 0 aliphatic carbocycles. The fourth-order valence-electron chi connectivity index (χ4n) is 4.73. The van der Waals surface area contributed by atoms with Gasteiger partial charge in [0, 0.05) is 24.7 Å². The summed E-state index contributed by atoms with van der Waals surface area (Å²) in [5.74, 6) is 0. The minimum atomic E-state index is -0.980. The Morgan fingerprint density at radius 3 is 2.41 bits per heavy atom. The number of hydrogen-bond donors (Lipinski definition) is 1. The van der Waals surface area contributed by atoms with E-state index in [1.54, 1.807) is 27.8 Å². The smallest absolute Gasteiger partial charge is 0.264 e. The van der Waals surface area contributed by atoms with E-state index in [9.17, 15) is 9.90 Å². The van der Waals surface area contributed by atoms with Gasteiger partial charge in [-0.05, 0) is 65.2 Å². The molecule has 3 aromatic heterocycles. The van der Waals surface area contributed by atoms with E-state index in [0.717, 1.165) is 31.0 Å². The number of halogens is 1. The largest absolute Gasteiger partial charge is 0.388 e. The van der Waals surface area contributed by atoms with Crippen molar-refractivity contribution in [1.29, 1.82) is 0 Å². The topological polar surface area (TPSA) is 120 Å². The van der Waals surface area contributed by atoms with Crippen molar-refractivity contribution in [2.75, 3.05) is 13.1 Å². The first-order chi connectivity index (χ1) is 18.0. The van der Waals surface area contributed by atoms with Crippen LogP contribution in [0.15, 0.2) is 72.2 Å². The molecule has 0 atom stereocenters. The quantitative estimate of drug-likeness (QED) is 0.364. The first-order valence-corrected chi connectivity index (χ1v) is 12.3. The molecule has 11 nitrogen and oxygen atoms in total. The van der Waals surface area contributed by atoms with Crippen LogP contribution in [-0.2, 0) is 13.1 Å². The van der Waals surface area contributed by atoms with Crippen molar-refractivity contribution in [2.24, 2.45) is 0 Å². The van der Waals surface area contributed by atoms with Crippen molar-refractivity contribution in [2.45, 2.75) is 31.5 Å². The van der Waals surface area contributed by atoms with E-state index in [4.69, 9.17) is 11.6 Å². The summed E-state index contributed by atoms with van der Waals surface area (Å²) in [4.78, 5) is 20.0. The van der Waals surface area contributed by atoms with Crippen LogP contribution in [0.5, 0.6) is 0 Å². The number of fused-ring (bicyclic) bond motifs is 1. The molecule has 1 fully saturated rings. The highest BCUT2D eigenvalue weighted by molar-refractivity contribution is 6.30. The molecule has 12 heteroatoms. The zero-order valence-electron chi connectivity index (χ0n) is 19.9. The maximum absolute atomic E-state index is 13.2. The van der Waals surface area contributed by atoms with E-state index in [2.05, 4.69) is 42.6 Å². The van der Waals surface area contributed by atoms with Gasteiger partial charge >= 0.3 is 0 Å². The Kier molecular flexibility index (Phi) is 6.03. The van der Waals surface area contributed by atoms with Gasteiger partial charge in [-0.15, -0.1) is 5.10 Å². The number of likely N-dealkylation sites (tertiary alicyclic amines) is 1. The molecule has 0 amide bonds. The Balaban J connectivity index is 1.11. The molecule has 4 heterocycles. The first kappa shape index (κ1) is 23.5. The van der Waals surface area contributed by atoms with E-state index in [1.165, 1.54) is 22.7 Å². The van der Waals surface area contributed by atoms with Gasteiger partial charge in [-0.2, -0.15) is 5.10 Å². The number of tetrazole rings is 1. The normalized spacial score (nSPS) is 15.8. The Bertz CT molecular complexity index is 1570. The minimum Gasteiger partial charge on any atom is -0.388 e. The molecule has 0 bridgehead atoms. The number of aliphatic hydroxyl groups is 1. The maximum Gasteiger partial charge on any atom is 0.264 e. The summed E-state index contributed by atoms with van der Waals surface area (Å²) in [6.07, 6.45) is 5.70. The van der Waals surface area contributed by atoms with Crippen molar-refractivity contribution in [3.63, 3.8) is 0 Å². The average molecular weight is 518 g/mol. The van der Waals surface area contributed by atoms with Crippen molar-refractivity contribution >= 4 is 22.6 Å². The number of rotatable bonds is 6. The van der Waals surface area contributed by atoms with Gasteiger partial charge in [-0.25, -0.2) is 14.3 Å². The summed E-state index contributed by atoms with van der Waals surface area (Å²) in [6.45, 7) is 2.42. The standard InChI is InChI=1S/C25H24ClN9O2/c26-19-3-7-21(8-4-19)35-23-22(13-29-35)24(36)33(16-27-23)15-25(37)9-11-32(12-10-25)14-18-1-5-20(6-2-18)34-17-28-30-31-34/h1-8,13,16-17,37H,9-12,14-15H2. The fraction of sp³-hybridized carbons (Fsp3) is 0.280. The highest BCUT2D eigenvalue weighted by Gasteiger charge is 2.33. The highest BCUT2D eigenvalue weighted by atomic mass is 35.5. The lowest BCUT2D eigenvalue weighted by Crippen LogP contribution is -2.47. The third kappa shape index (κ3) is 4.76. The van der Waals surface area contributed by atoms with Gasteiger partial charge in [0.1, 0.15) is 18.0 Å². The summed E-state index contributed by atoms with van der Waals surface area (Å²) in [5.41, 5.74) is 2.11. The first-order valence-electron chi connectivity index (χ1n) is 11.9. The summed E-state index contributed by atoms with van der Waals surface area (Å²) >= 11 is 5.98. The van der Waals surface area contributed by atoms with Crippen LogP contribution in [-0.4, -0.2) is 68.2 Å². The van der Waals surface area contributed by atoms with Gasteiger partial charge in [-0.3, -0.25) is 14.3 Å². The summed E-state index contributed by atoms with van der Waals surface area (Å²) in [5, 5.41) is 27.9. The second-order valence-corrected chi connectivity index (χ2v) is 9.81.